The van der Waals surface area contributed by atoms with Crippen molar-refractivity contribution < 1.29 is 23.5 Å². The molecule has 0 aliphatic carbocycles. The Morgan fingerprint density at radius 2 is 2.08 bits per heavy atom. The van der Waals surface area contributed by atoms with Crippen LogP contribution in [-0.2, 0) is 20.9 Å². The van der Waals surface area contributed by atoms with Crippen molar-refractivity contribution in [2.75, 3.05) is 20.3 Å². The fraction of sp³-hybridized carbons (Fsp3) is 0.333. The van der Waals surface area contributed by atoms with Crippen molar-refractivity contribution in [1.82, 2.24) is 4.90 Å². The van der Waals surface area contributed by atoms with Crippen LogP contribution in [0.5, 0.6) is 5.75 Å². The second-order valence-corrected chi connectivity index (χ2v) is 6.31. The van der Waals surface area contributed by atoms with E-state index < -0.39 is 5.97 Å². The minimum Gasteiger partial charge on any atom is -0.494 e. The van der Waals surface area contributed by atoms with Gasteiger partial charge in [-0.25, -0.2) is 0 Å². The molecular formula is C18H20BrNO5. The summed E-state index contributed by atoms with van der Waals surface area (Å²) in [5.74, 6) is 0.706. The molecule has 0 saturated carbocycles. The van der Waals surface area contributed by atoms with Crippen LogP contribution in [-0.4, -0.2) is 37.0 Å². The van der Waals surface area contributed by atoms with Gasteiger partial charge in [0, 0.05) is 17.9 Å². The normalized spacial score (nSPS) is 10.3. The molecule has 1 amide bonds. The fourth-order valence-corrected chi connectivity index (χ4v) is 2.39. The Kier molecular flexibility index (Phi) is 7.53. The number of hydrogen-bond acceptors (Lipinski definition) is 5. The molecule has 0 atom stereocenters. The minimum absolute atomic E-state index is 0.198. The zero-order valence-electron chi connectivity index (χ0n) is 13.9. The molecule has 0 saturated heterocycles. The molecule has 0 aliphatic rings. The van der Waals surface area contributed by atoms with Gasteiger partial charge in [-0.3, -0.25) is 9.59 Å². The predicted octanol–water partition coefficient (Wildman–Crippen LogP) is 3.40. The van der Waals surface area contributed by atoms with Gasteiger partial charge in [0.25, 0.3) is 5.91 Å². The van der Waals surface area contributed by atoms with E-state index in [-0.39, 0.29) is 18.9 Å². The third-order valence-electron chi connectivity index (χ3n) is 3.35. The van der Waals surface area contributed by atoms with Crippen LogP contribution < -0.4 is 4.74 Å². The molecule has 0 aliphatic heterocycles. The summed E-state index contributed by atoms with van der Waals surface area (Å²) in [5, 5.41) is 0. The van der Waals surface area contributed by atoms with Crippen molar-refractivity contribution in [2.45, 2.75) is 19.4 Å². The maximum absolute atomic E-state index is 11.9. The smallest absolute Gasteiger partial charge is 0.306 e. The summed E-state index contributed by atoms with van der Waals surface area (Å²) in [6.07, 6.45) is 2.26. The topological polar surface area (TPSA) is 69.0 Å². The first-order valence-corrected chi connectivity index (χ1v) is 8.64. The summed E-state index contributed by atoms with van der Waals surface area (Å²) < 4.78 is 16.6. The van der Waals surface area contributed by atoms with E-state index >= 15 is 0 Å². The minimum atomic E-state index is -0.419. The number of amides is 1. The summed E-state index contributed by atoms with van der Waals surface area (Å²) in [5.41, 5.74) is 0. The van der Waals surface area contributed by atoms with Crippen molar-refractivity contribution >= 4 is 27.8 Å². The molecule has 1 aromatic heterocycles. The highest BCUT2D eigenvalue weighted by Crippen LogP contribution is 2.17. The Bertz CT molecular complexity index is 687. The molecule has 0 radical (unpaired) electrons. The zero-order chi connectivity index (χ0) is 18.1. The van der Waals surface area contributed by atoms with E-state index in [1.165, 1.54) is 4.90 Å². The fourth-order valence-electron chi connectivity index (χ4n) is 2.01. The Morgan fingerprint density at radius 1 is 1.24 bits per heavy atom. The highest BCUT2D eigenvalue weighted by Gasteiger charge is 2.13. The lowest BCUT2D eigenvalue weighted by molar-refractivity contribution is -0.152. The number of benzene rings is 1. The number of furan rings is 1. The maximum atomic E-state index is 11.9. The van der Waals surface area contributed by atoms with Gasteiger partial charge in [-0.15, -0.1) is 0 Å². The quantitative estimate of drug-likeness (QED) is 0.468. The molecule has 0 spiro atoms. The number of carbonyl (C=O) groups excluding carboxylic acids is 2. The molecule has 134 valence electrons. The number of hydrogen-bond donors (Lipinski definition) is 0. The average Bonchev–Trinajstić information content (AvgIpc) is 3.09. The Labute approximate surface area is 154 Å². The standard InChI is InChI=1S/C18H20BrNO5/c1-20(12-16-7-3-9-24-16)17(21)13-25-18(22)8-4-10-23-15-6-2-5-14(19)11-15/h2-3,5-7,9,11H,4,8,10,12-13H2,1H3. The monoisotopic (exact) mass is 409 g/mol. The van der Waals surface area contributed by atoms with Crippen molar-refractivity contribution in [1.29, 1.82) is 0 Å². The average molecular weight is 410 g/mol. The second kappa shape index (κ2) is 9.88. The number of halogens is 1. The summed E-state index contributed by atoms with van der Waals surface area (Å²) in [6, 6.07) is 11.0. The summed E-state index contributed by atoms with van der Waals surface area (Å²) >= 11 is 3.36. The highest BCUT2D eigenvalue weighted by molar-refractivity contribution is 9.10. The van der Waals surface area contributed by atoms with Crippen LogP contribution in [0.2, 0.25) is 0 Å². The van der Waals surface area contributed by atoms with Crippen LogP contribution in [0.1, 0.15) is 18.6 Å². The van der Waals surface area contributed by atoms with E-state index in [1.54, 1.807) is 25.4 Å². The lowest BCUT2D eigenvalue weighted by Crippen LogP contribution is -2.30. The first-order chi connectivity index (χ1) is 12.0. The second-order valence-electron chi connectivity index (χ2n) is 5.40. The molecule has 25 heavy (non-hydrogen) atoms. The van der Waals surface area contributed by atoms with Gasteiger partial charge < -0.3 is 18.8 Å². The molecule has 0 unspecified atom stereocenters. The Hall–Kier alpha value is -2.28. The number of likely N-dealkylation sites (N-methyl/N-ethyl adjacent to an activating group) is 1. The lowest BCUT2D eigenvalue weighted by atomic mass is 10.3. The first kappa shape index (κ1) is 19.1. The van der Waals surface area contributed by atoms with Gasteiger partial charge in [0.15, 0.2) is 6.61 Å². The van der Waals surface area contributed by atoms with Crippen LogP contribution in [0.3, 0.4) is 0 Å². The van der Waals surface area contributed by atoms with Crippen molar-refractivity contribution in [2.24, 2.45) is 0 Å². The largest absolute Gasteiger partial charge is 0.494 e. The van der Waals surface area contributed by atoms with Crippen LogP contribution in [0.15, 0.2) is 51.6 Å². The molecule has 0 bridgehead atoms. The third-order valence-corrected chi connectivity index (χ3v) is 3.84. The van der Waals surface area contributed by atoms with E-state index in [2.05, 4.69) is 15.9 Å². The van der Waals surface area contributed by atoms with Crippen molar-refractivity contribution in [3.8, 4) is 5.75 Å². The third kappa shape index (κ3) is 7.01. The molecule has 0 N–H and O–H groups in total. The molecular weight excluding hydrogens is 390 g/mol. The number of ether oxygens (including phenoxy) is 2. The number of carbonyl (C=O) groups is 2. The molecule has 1 aromatic carbocycles. The maximum Gasteiger partial charge on any atom is 0.306 e. The van der Waals surface area contributed by atoms with Crippen LogP contribution in [0.4, 0.5) is 0 Å². The molecule has 2 rings (SSSR count). The Balaban J connectivity index is 1.59. The lowest BCUT2D eigenvalue weighted by Gasteiger charge is -2.15. The van der Waals surface area contributed by atoms with E-state index in [1.807, 2.05) is 24.3 Å². The van der Waals surface area contributed by atoms with Gasteiger partial charge in [0.05, 0.1) is 19.4 Å². The zero-order valence-corrected chi connectivity index (χ0v) is 15.5. The summed E-state index contributed by atoms with van der Waals surface area (Å²) in [4.78, 5) is 25.0. The molecule has 2 aromatic rings. The molecule has 1 heterocycles. The van der Waals surface area contributed by atoms with Crippen molar-refractivity contribution in [3.63, 3.8) is 0 Å². The summed E-state index contributed by atoms with van der Waals surface area (Å²) in [7, 11) is 1.63. The van der Waals surface area contributed by atoms with Gasteiger partial charge >= 0.3 is 5.97 Å². The van der Waals surface area contributed by atoms with E-state index in [4.69, 9.17) is 13.9 Å². The van der Waals surface area contributed by atoms with Gasteiger partial charge in [-0.05, 0) is 36.8 Å². The number of esters is 1. The van der Waals surface area contributed by atoms with E-state index in [0.29, 0.717) is 25.3 Å². The molecule has 7 heteroatoms. The van der Waals surface area contributed by atoms with Gasteiger partial charge in [0.2, 0.25) is 0 Å². The van der Waals surface area contributed by atoms with Gasteiger partial charge in [-0.2, -0.15) is 0 Å². The SMILES string of the molecule is CN(Cc1ccco1)C(=O)COC(=O)CCCOc1cccc(Br)c1. The number of rotatable bonds is 9. The Morgan fingerprint density at radius 3 is 2.80 bits per heavy atom. The van der Waals surface area contributed by atoms with Crippen LogP contribution in [0.25, 0.3) is 0 Å². The van der Waals surface area contributed by atoms with Crippen molar-refractivity contribution in [3.05, 3.63) is 52.9 Å². The predicted molar refractivity (Wildman–Crippen MR) is 95.0 cm³/mol. The molecule has 6 nitrogen and oxygen atoms in total. The molecule has 0 fully saturated rings. The van der Waals surface area contributed by atoms with E-state index in [0.717, 1.165) is 10.2 Å². The summed E-state index contributed by atoms with van der Waals surface area (Å²) in [6.45, 7) is 0.463. The van der Waals surface area contributed by atoms with Crippen LogP contribution >= 0.6 is 15.9 Å². The van der Waals surface area contributed by atoms with Gasteiger partial charge in [0.1, 0.15) is 11.5 Å². The van der Waals surface area contributed by atoms with Crippen LogP contribution in [0, 0.1) is 0 Å². The first-order valence-electron chi connectivity index (χ1n) is 7.85. The number of nitrogens with zero attached hydrogens (tertiary/aromatic N) is 1. The van der Waals surface area contributed by atoms with Gasteiger partial charge in [-0.1, -0.05) is 22.0 Å². The highest BCUT2D eigenvalue weighted by atomic mass is 79.9. The van der Waals surface area contributed by atoms with E-state index in [9.17, 15) is 9.59 Å².